The number of nitrogens with zero attached hydrogens (tertiary/aromatic N) is 2. The summed E-state index contributed by atoms with van der Waals surface area (Å²) >= 11 is 5.33. The molecule has 7 heteroatoms. The third-order valence-corrected chi connectivity index (χ3v) is 4.25. The lowest BCUT2D eigenvalue weighted by molar-refractivity contribution is -0.115. The highest BCUT2D eigenvalue weighted by Crippen LogP contribution is 2.37. The molecule has 1 atom stereocenters. The Morgan fingerprint density at radius 1 is 1.33 bits per heavy atom. The van der Waals surface area contributed by atoms with Gasteiger partial charge < -0.3 is 4.90 Å². The first-order valence-electron chi connectivity index (χ1n) is 6.85. The number of hydrogen-bond donors (Lipinski definition) is 0. The van der Waals surface area contributed by atoms with Crippen LogP contribution in [0.2, 0.25) is 0 Å². The summed E-state index contributed by atoms with van der Waals surface area (Å²) in [6, 6.07) is 0. The van der Waals surface area contributed by atoms with Crippen LogP contribution in [0.15, 0.2) is 23.3 Å². The van der Waals surface area contributed by atoms with Gasteiger partial charge in [-0.15, -0.1) is 0 Å². The summed E-state index contributed by atoms with van der Waals surface area (Å²) in [5.74, 6) is -0.875. The van der Waals surface area contributed by atoms with Crippen molar-refractivity contribution in [3.8, 4) is 0 Å². The summed E-state index contributed by atoms with van der Waals surface area (Å²) in [5.41, 5.74) is -0.371. The first-order chi connectivity index (χ1) is 9.77. The molecule has 3 nitrogen and oxygen atoms in total. The maximum Gasteiger partial charge on any atom is 0.413 e. The Labute approximate surface area is 127 Å². The van der Waals surface area contributed by atoms with Crippen molar-refractivity contribution in [2.24, 2.45) is 5.92 Å². The van der Waals surface area contributed by atoms with Gasteiger partial charge in [-0.05, 0) is 30.6 Å². The van der Waals surface area contributed by atoms with Crippen molar-refractivity contribution in [3.63, 3.8) is 0 Å². The van der Waals surface area contributed by atoms with E-state index in [-0.39, 0.29) is 18.5 Å². The Hall–Kier alpha value is -0.850. The van der Waals surface area contributed by atoms with Crippen molar-refractivity contribution in [2.45, 2.75) is 12.6 Å². The van der Waals surface area contributed by atoms with Crippen molar-refractivity contribution < 1.29 is 18.0 Å². The van der Waals surface area contributed by atoms with Crippen molar-refractivity contribution in [1.29, 1.82) is 0 Å². The molecule has 0 aromatic carbocycles. The van der Waals surface area contributed by atoms with Gasteiger partial charge >= 0.3 is 6.18 Å². The Morgan fingerprint density at radius 3 is 2.48 bits per heavy atom. The van der Waals surface area contributed by atoms with Crippen molar-refractivity contribution in [2.75, 3.05) is 39.8 Å². The quantitative estimate of drug-likeness (QED) is 0.746. The van der Waals surface area contributed by atoms with E-state index in [0.717, 1.165) is 26.2 Å². The van der Waals surface area contributed by atoms with Crippen molar-refractivity contribution >= 4 is 16.8 Å². The molecule has 118 valence electrons. The highest BCUT2D eigenvalue weighted by Gasteiger charge is 2.39. The largest absolute Gasteiger partial charge is 0.413 e. The van der Waals surface area contributed by atoms with Gasteiger partial charge in [-0.1, -0.05) is 12.2 Å². The lowest BCUT2D eigenvalue weighted by Crippen LogP contribution is -2.45. The average Bonchev–Trinajstić information content (AvgIpc) is 2.40. The number of halogens is 4. The molecule has 2 aliphatic rings. The minimum absolute atomic E-state index is 0.251. The maximum atomic E-state index is 13.2. The van der Waals surface area contributed by atoms with Crippen LogP contribution in [0.1, 0.15) is 6.42 Å². The molecule has 1 saturated heterocycles. The number of carbonyl (C=O) groups is 1. The summed E-state index contributed by atoms with van der Waals surface area (Å²) < 4.78 is 39.5. The predicted octanol–water partition coefficient (Wildman–Crippen LogP) is 2.43. The number of likely N-dealkylation sites (N-methyl/N-ethyl adjacent to an activating group) is 1. The van der Waals surface area contributed by atoms with Crippen LogP contribution in [0.3, 0.4) is 0 Å². The Kier molecular flexibility index (Phi) is 5.11. The molecule has 0 bridgehead atoms. The average molecular weight is 323 g/mol. The van der Waals surface area contributed by atoms with Gasteiger partial charge in [0.15, 0.2) is 0 Å². The second kappa shape index (κ2) is 6.50. The lowest BCUT2D eigenvalue weighted by atomic mass is 9.89. The molecule has 0 spiro atoms. The summed E-state index contributed by atoms with van der Waals surface area (Å²) in [7, 11) is 1.99. The van der Waals surface area contributed by atoms with E-state index in [9.17, 15) is 18.0 Å². The Morgan fingerprint density at radius 2 is 1.95 bits per heavy atom. The van der Waals surface area contributed by atoms with E-state index in [1.54, 1.807) is 0 Å². The molecule has 0 saturated carbocycles. The van der Waals surface area contributed by atoms with Crippen LogP contribution in [0.5, 0.6) is 0 Å². The van der Waals surface area contributed by atoms with Crippen LogP contribution < -0.4 is 0 Å². The first kappa shape index (κ1) is 16.5. The van der Waals surface area contributed by atoms with Gasteiger partial charge in [0.1, 0.15) is 0 Å². The van der Waals surface area contributed by atoms with Gasteiger partial charge in [0.25, 0.3) is 0 Å². The molecule has 1 aliphatic heterocycles. The molecular weight excluding hydrogens is 305 g/mol. The monoisotopic (exact) mass is 322 g/mol. The molecule has 0 amide bonds. The molecular formula is C14H18ClF3N2O. The molecule has 1 unspecified atom stereocenters. The van der Waals surface area contributed by atoms with Gasteiger partial charge in [0, 0.05) is 38.3 Å². The fourth-order valence-corrected chi connectivity index (χ4v) is 2.75. The first-order valence-corrected chi connectivity index (χ1v) is 7.23. The fraction of sp³-hybridized carbons (Fsp3) is 0.643. The predicted molar refractivity (Wildman–Crippen MR) is 75.1 cm³/mol. The molecule has 2 rings (SSSR count). The van der Waals surface area contributed by atoms with Crippen LogP contribution in [0, 0.1) is 5.92 Å². The third-order valence-electron chi connectivity index (χ3n) is 3.96. The second-order valence-electron chi connectivity index (χ2n) is 5.55. The summed E-state index contributed by atoms with van der Waals surface area (Å²) in [6.45, 7) is 3.46. The van der Waals surface area contributed by atoms with Crippen molar-refractivity contribution in [1.82, 2.24) is 9.80 Å². The number of piperazine rings is 1. The second-order valence-corrected chi connectivity index (χ2v) is 5.93. The van der Waals surface area contributed by atoms with E-state index < -0.39 is 22.9 Å². The van der Waals surface area contributed by atoms with Crippen LogP contribution in [-0.2, 0) is 4.79 Å². The zero-order valence-electron chi connectivity index (χ0n) is 11.8. The zero-order valence-corrected chi connectivity index (χ0v) is 12.5. The normalized spacial score (nSPS) is 25.5. The van der Waals surface area contributed by atoms with Gasteiger partial charge in [-0.2, -0.15) is 13.2 Å². The van der Waals surface area contributed by atoms with E-state index in [0.29, 0.717) is 0 Å². The van der Waals surface area contributed by atoms with Gasteiger partial charge in [-0.3, -0.25) is 9.69 Å². The fourth-order valence-electron chi connectivity index (χ4n) is 2.60. The highest BCUT2D eigenvalue weighted by molar-refractivity contribution is 6.64. The summed E-state index contributed by atoms with van der Waals surface area (Å²) in [4.78, 5) is 15.3. The Balaban J connectivity index is 2.14. The zero-order chi connectivity index (χ0) is 15.6. The number of hydrogen-bond acceptors (Lipinski definition) is 3. The number of alkyl halides is 3. The minimum Gasteiger partial charge on any atom is -0.304 e. The van der Waals surface area contributed by atoms with E-state index in [2.05, 4.69) is 4.90 Å². The molecule has 21 heavy (non-hydrogen) atoms. The van der Waals surface area contributed by atoms with Gasteiger partial charge in [0.2, 0.25) is 5.24 Å². The van der Waals surface area contributed by atoms with Crippen LogP contribution >= 0.6 is 11.6 Å². The molecule has 1 aliphatic carbocycles. The minimum atomic E-state index is -4.42. The topological polar surface area (TPSA) is 23.6 Å². The van der Waals surface area contributed by atoms with Crippen LogP contribution in [-0.4, -0.2) is 61.0 Å². The molecule has 1 heterocycles. The van der Waals surface area contributed by atoms with Crippen molar-refractivity contribution in [3.05, 3.63) is 23.3 Å². The number of allylic oxidation sites excluding steroid dienone is 2. The molecule has 0 radical (unpaired) electrons. The highest BCUT2D eigenvalue weighted by atomic mass is 35.5. The number of rotatable bonds is 3. The van der Waals surface area contributed by atoms with Crippen LogP contribution in [0.25, 0.3) is 0 Å². The van der Waals surface area contributed by atoms with Crippen LogP contribution in [0.4, 0.5) is 13.2 Å². The lowest BCUT2D eigenvalue weighted by Gasteiger charge is -2.34. The Bertz CT molecular complexity index is 465. The van der Waals surface area contributed by atoms with E-state index >= 15 is 0 Å². The van der Waals surface area contributed by atoms with E-state index in [1.807, 2.05) is 11.9 Å². The standard InChI is InChI=1S/C14H18ClF3N2O/c1-19-4-6-20(7-5-19)9-11-3-2-10(13(15)21)8-12(11)14(16,17)18/h2-3,10H,4-9H2,1H3. The molecule has 0 aromatic heterocycles. The SMILES string of the molecule is CN1CCN(CC2=C(C(F)(F)F)CC(C(=O)Cl)C=C2)CC1. The van der Waals surface area contributed by atoms with Gasteiger partial charge in [0.05, 0.1) is 5.92 Å². The van der Waals surface area contributed by atoms with Gasteiger partial charge in [-0.25, -0.2) is 0 Å². The molecule has 0 aromatic rings. The number of carbonyl (C=O) groups excluding carboxylic acids is 1. The third kappa shape index (κ3) is 4.31. The smallest absolute Gasteiger partial charge is 0.304 e. The van der Waals surface area contributed by atoms with E-state index in [4.69, 9.17) is 11.6 Å². The molecule has 1 fully saturated rings. The van der Waals surface area contributed by atoms with E-state index in [1.165, 1.54) is 12.2 Å². The molecule has 0 N–H and O–H groups in total. The maximum absolute atomic E-state index is 13.2. The summed E-state index contributed by atoms with van der Waals surface area (Å²) in [6.07, 6.45) is -1.88. The summed E-state index contributed by atoms with van der Waals surface area (Å²) in [5, 5.41) is -0.744.